The van der Waals surface area contributed by atoms with Crippen LogP contribution in [0, 0.1) is 0 Å². The average Bonchev–Trinajstić information content (AvgIpc) is 2.92. The number of pyridine rings is 1. The summed E-state index contributed by atoms with van der Waals surface area (Å²) in [7, 11) is 1.85. The first-order valence-corrected chi connectivity index (χ1v) is 6.61. The molecule has 3 rings (SSSR count). The summed E-state index contributed by atoms with van der Waals surface area (Å²) in [5, 5.41) is 9.07. The van der Waals surface area contributed by atoms with E-state index in [9.17, 15) is 0 Å². The molecule has 0 aliphatic heterocycles. The zero-order valence-electron chi connectivity index (χ0n) is 10.3. The lowest BCUT2D eigenvalue weighted by molar-refractivity contribution is 0.305. The van der Waals surface area contributed by atoms with E-state index in [-0.39, 0.29) is 0 Å². The van der Waals surface area contributed by atoms with Crippen molar-refractivity contribution in [3.05, 3.63) is 42.2 Å². The largest absolute Gasteiger partial charge is 0.485 e. The summed E-state index contributed by atoms with van der Waals surface area (Å²) >= 11 is 1.32. The van der Waals surface area contributed by atoms with Crippen LogP contribution in [0.15, 0.2) is 36.5 Å². The predicted molar refractivity (Wildman–Crippen MR) is 75.5 cm³/mol. The Balaban J connectivity index is 1.86. The highest BCUT2D eigenvalue weighted by Gasteiger charge is 2.08. The van der Waals surface area contributed by atoms with Crippen LogP contribution < -0.4 is 10.1 Å². The van der Waals surface area contributed by atoms with E-state index >= 15 is 0 Å². The smallest absolute Gasteiger partial charge is 0.146 e. The van der Waals surface area contributed by atoms with Gasteiger partial charge in [-0.3, -0.25) is 4.98 Å². The van der Waals surface area contributed by atoms with Gasteiger partial charge in [-0.2, -0.15) is 0 Å². The van der Waals surface area contributed by atoms with Gasteiger partial charge in [-0.15, -0.1) is 5.10 Å². The highest BCUT2D eigenvalue weighted by atomic mass is 32.1. The van der Waals surface area contributed by atoms with Crippen molar-refractivity contribution >= 4 is 27.4 Å². The second-order valence-corrected chi connectivity index (χ2v) is 4.67. The molecule has 0 spiro atoms. The van der Waals surface area contributed by atoms with E-state index in [1.165, 1.54) is 11.5 Å². The number of ether oxygens (including phenoxy) is 1. The van der Waals surface area contributed by atoms with Gasteiger partial charge in [0.15, 0.2) is 0 Å². The summed E-state index contributed by atoms with van der Waals surface area (Å²) in [4.78, 5) is 4.35. The van der Waals surface area contributed by atoms with Gasteiger partial charge in [0.25, 0.3) is 0 Å². The molecular formula is C13H12N4OS. The highest BCUT2D eigenvalue weighted by molar-refractivity contribution is 7.10. The van der Waals surface area contributed by atoms with Gasteiger partial charge in [-0.25, -0.2) is 0 Å². The van der Waals surface area contributed by atoms with Crippen LogP contribution in [0.2, 0.25) is 0 Å². The fourth-order valence-corrected chi connectivity index (χ4v) is 2.35. The maximum absolute atomic E-state index is 5.81. The minimum Gasteiger partial charge on any atom is -0.485 e. The van der Waals surface area contributed by atoms with Gasteiger partial charge in [0, 0.05) is 30.2 Å². The molecule has 3 aromatic rings. The zero-order chi connectivity index (χ0) is 13.1. The lowest BCUT2D eigenvalue weighted by Gasteiger charge is -2.07. The molecule has 0 amide bonds. The molecule has 0 saturated heterocycles. The molecule has 0 atom stereocenters. The second-order valence-electron chi connectivity index (χ2n) is 3.92. The SMILES string of the molecule is CNc1snnc1COc1cccc2cccnc12. The molecule has 96 valence electrons. The lowest BCUT2D eigenvalue weighted by Crippen LogP contribution is -2.00. The number of aromatic nitrogens is 3. The third kappa shape index (κ3) is 2.34. The van der Waals surface area contributed by atoms with Gasteiger partial charge in [-0.05, 0) is 12.1 Å². The van der Waals surface area contributed by atoms with Crippen molar-refractivity contribution in [3.63, 3.8) is 0 Å². The van der Waals surface area contributed by atoms with Crippen molar-refractivity contribution in [2.45, 2.75) is 6.61 Å². The van der Waals surface area contributed by atoms with Gasteiger partial charge >= 0.3 is 0 Å². The van der Waals surface area contributed by atoms with Crippen LogP contribution in [-0.4, -0.2) is 21.6 Å². The Labute approximate surface area is 114 Å². The molecule has 6 heteroatoms. The van der Waals surface area contributed by atoms with Crippen LogP contribution in [0.5, 0.6) is 5.75 Å². The van der Waals surface area contributed by atoms with Gasteiger partial charge in [0.1, 0.15) is 28.6 Å². The second kappa shape index (κ2) is 5.19. The molecule has 0 bridgehead atoms. The van der Waals surface area contributed by atoms with E-state index in [0.29, 0.717) is 6.61 Å². The summed E-state index contributed by atoms with van der Waals surface area (Å²) in [6.45, 7) is 0.377. The van der Waals surface area contributed by atoms with Crippen LogP contribution in [0.3, 0.4) is 0 Å². The Hall–Kier alpha value is -2.21. The average molecular weight is 272 g/mol. The molecule has 0 unspecified atom stereocenters. The molecule has 19 heavy (non-hydrogen) atoms. The topological polar surface area (TPSA) is 59.9 Å². The Bertz CT molecular complexity index is 692. The van der Waals surface area contributed by atoms with Crippen molar-refractivity contribution < 1.29 is 4.74 Å². The minimum absolute atomic E-state index is 0.377. The monoisotopic (exact) mass is 272 g/mol. The van der Waals surface area contributed by atoms with Gasteiger partial charge in [0.05, 0.1) is 0 Å². The maximum atomic E-state index is 5.81. The van der Waals surface area contributed by atoms with Crippen molar-refractivity contribution in [2.24, 2.45) is 0 Å². The number of rotatable bonds is 4. The first-order chi connectivity index (χ1) is 9.38. The van der Waals surface area contributed by atoms with Crippen LogP contribution in [0.1, 0.15) is 5.69 Å². The summed E-state index contributed by atoms with van der Waals surface area (Å²) in [6, 6.07) is 9.80. The van der Waals surface area contributed by atoms with Crippen molar-refractivity contribution in [3.8, 4) is 5.75 Å². The minimum atomic E-state index is 0.377. The molecule has 0 radical (unpaired) electrons. The number of para-hydroxylation sites is 1. The Kier molecular flexibility index (Phi) is 3.24. The van der Waals surface area contributed by atoms with E-state index < -0.39 is 0 Å². The first kappa shape index (κ1) is 11.9. The van der Waals surface area contributed by atoms with Crippen molar-refractivity contribution in [1.29, 1.82) is 0 Å². The Morgan fingerprint density at radius 3 is 3.05 bits per heavy atom. The van der Waals surface area contributed by atoms with Gasteiger partial charge in [0.2, 0.25) is 0 Å². The number of nitrogens with one attached hydrogen (secondary N) is 1. The molecule has 0 fully saturated rings. The van der Waals surface area contributed by atoms with Crippen LogP contribution in [-0.2, 0) is 6.61 Å². The normalized spacial score (nSPS) is 10.6. The molecule has 5 nitrogen and oxygen atoms in total. The van der Waals surface area contributed by atoms with E-state index in [4.69, 9.17) is 4.74 Å². The quantitative estimate of drug-likeness (QED) is 0.791. The molecule has 2 heterocycles. The zero-order valence-corrected chi connectivity index (χ0v) is 11.1. The molecule has 0 saturated carbocycles. The van der Waals surface area contributed by atoms with E-state index in [1.807, 2.05) is 37.4 Å². The number of nitrogens with zero attached hydrogens (tertiary/aromatic N) is 3. The number of hydrogen-bond acceptors (Lipinski definition) is 6. The molecule has 1 N–H and O–H groups in total. The molecular weight excluding hydrogens is 260 g/mol. The van der Waals surface area contributed by atoms with Gasteiger partial charge in [-0.1, -0.05) is 22.7 Å². The van der Waals surface area contributed by atoms with Crippen molar-refractivity contribution in [1.82, 2.24) is 14.6 Å². The lowest BCUT2D eigenvalue weighted by atomic mass is 10.2. The molecule has 0 aliphatic carbocycles. The standard InChI is InChI=1S/C13H12N4OS/c1-14-13-10(16-17-19-13)8-18-11-6-2-4-9-5-3-7-15-12(9)11/h2-7,14H,8H2,1H3. The molecule has 0 aliphatic rings. The summed E-state index contributed by atoms with van der Waals surface area (Å²) in [6.07, 6.45) is 1.76. The van der Waals surface area contributed by atoms with Crippen LogP contribution in [0.4, 0.5) is 5.00 Å². The highest BCUT2D eigenvalue weighted by Crippen LogP contribution is 2.25. The number of fused-ring (bicyclic) bond motifs is 1. The Morgan fingerprint density at radius 1 is 1.26 bits per heavy atom. The van der Waals surface area contributed by atoms with E-state index in [1.54, 1.807) is 6.20 Å². The van der Waals surface area contributed by atoms with E-state index in [2.05, 4.69) is 19.9 Å². The predicted octanol–water partition coefficient (Wildman–Crippen LogP) is 2.71. The summed E-state index contributed by atoms with van der Waals surface area (Å²) in [5.74, 6) is 0.758. The number of hydrogen-bond donors (Lipinski definition) is 1. The number of anilines is 1. The van der Waals surface area contributed by atoms with Crippen LogP contribution in [0.25, 0.3) is 10.9 Å². The fourth-order valence-electron chi connectivity index (χ4n) is 1.83. The van der Waals surface area contributed by atoms with Crippen LogP contribution >= 0.6 is 11.5 Å². The van der Waals surface area contributed by atoms with E-state index in [0.717, 1.165) is 27.3 Å². The third-order valence-corrected chi connectivity index (χ3v) is 3.53. The first-order valence-electron chi connectivity index (χ1n) is 5.84. The third-order valence-electron chi connectivity index (χ3n) is 2.74. The molecule has 1 aromatic carbocycles. The fraction of sp³-hybridized carbons (Fsp3) is 0.154. The van der Waals surface area contributed by atoms with Gasteiger partial charge < -0.3 is 10.1 Å². The maximum Gasteiger partial charge on any atom is 0.146 e. The Morgan fingerprint density at radius 2 is 2.16 bits per heavy atom. The number of benzene rings is 1. The van der Waals surface area contributed by atoms with Crippen molar-refractivity contribution in [2.75, 3.05) is 12.4 Å². The summed E-state index contributed by atoms with van der Waals surface area (Å²) < 4.78 is 9.71. The molecule has 2 aromatic heterocycles. The summed E-state index contributed by atoms with van der Waals surface area (Å²) in [5.41, 5.74) is 1.67.